The first-order valence-electron chi connectivity index (χ1n) is 8.48. The molecule has 1 aliphatic rings. The van der Waals surface area contributed by atoms with Crippen molar-refractivity contribution in [3.05, 3.63) is 60.7 Å². The molecule has 2 aromatic rings. The Kier molecular flexibility index (Phi) is 5.78. The number of carbonyl (C=O) groups is 1. The van der Waals surface area contributed by atoms with Crippen LogP contribution >= 0.6 is 11.8 Å². The monoisotopic (exact) mass is 388 g/mol. The number of rotatable bonds is 6. The zero-order valence-electron chi connectivity index (χ0n) is 14.4. The van der Waals surface area contributed by atoms with Crippen molar-refractivity contribution in [2.75, 3.05) is 0 Å². The Bertz CT molecular complexity index is 897. The summed E-state index contributed by atoms with van der Waals surface area (Å²) in [6.07, 6.45) is 2.44. The number of amidine groups is 1. The van der Waals surface area contributed by atoms with Gasteiger partial charge >= 0.3 is 0 Å². The Labute approximate surface area is 158 Å². The lowest BCUT2D eigenvalue weighted by Crippen LogP contribution is -2.37. The van der Waals surface area contributed by atoms with E-state index < -0.39 is 21.2 Å². The Morgan fingerprint density at radius 3 is 2.27 bits per heavy atom. The summed E-state index contributed by atoms with van der Waals surface area (Å²) in [5.74, 6) is -0.415. The van der Waals surface area contributed by atoms with Gasteiger partial charge in [-0.25, -0.2) is 13.4 Å². The van der Waals surface area contributed by atoms with Crippen molar-refractivity contribution in [2.24, 2.45) is 4.99 Å². The average molecular weight is 389 g/mol. The van der Waals surface area contributed by atoms with Crippen molar-refractivity contribution in [3.63, 3.8) is 0 Å². The van der Waals surface area contributed by atoms with Crippen molar-refractivity contribution < 1.29 is 13.2 Å². The van der Waals surface area contributed by atoms with E-state index in [1.54, 1.807) is 30.3 Å². The van der Waals surface area contributed by atoms with Crippen molar-refractivity contribution in [3.8, 4) is 0 Å². The summed E-state index contributed by atoms with van der Waals surface area (Å²) in [5, 5.41) is -0.206. The minimum Gasteiger partial charge on any atom is -0.272 e. The smallest absolute Gasteiger partial charge is 0.272 e. The maximum atomic E-state index is 13.1. The molecule has 2 aromatic carbocycles. The summed E-state index contributed by atoms with van der Waals surface area (Å²) in [5.41, 5.74) is 0.618. The second-order valence-corrected chi connectivity index (χ2v) is 8.86. The van der Waals surface area contributed by atoms with Crippen LogP contribution in [0.15, 0.2) is 70.6 Å². The Balaban J connectivity index is 2.03. The van der Waals surface area contributed by atoms with Gasteiger partial charge in [0.05, 0.1) is 15.8 Å². The fraction of sp³-hybridized carbons (Fsp3) is 0.263. The van der Waals surface area contributed by atoms with Gasteiger partial charge in [-0.2, -0.15) is 4.31 Å². The standard InChI is InChI=1S/C19H20N2O3S2/c1-2-3-14-17-18(22)21(26(23,24)16-12-8-5-9-13-16)19(25-17)20-15-10-6-4-7-11-15/h4-13,17H,2-3,14H2,1H3. The van der Waals surface area contributed by atoms with Crippen LogP contribution in [0.1, 0.15) is 26.2 Å². The molecule has 7 heteroatoms. The third kappa shape index (κ3) is 3.83. The minimum atomic E-state index is -3.98. The quantitative estimate of drug-likeness (QED) is 0.744. The highest BCUT2D eigenvalue weighted by Crippen LogP contribution is 2.36. The number of hydrogen-bond acceptors (Lipinski definition) is 5. The van der Waals surface area contributed by atoms with E-state index in [4.69, 9.17) is 0 Å². The molecule has 136 valence electrons. The molecule has 0 bridgehead atoms. The van der Waals surface area contributed by atoms with E-state index in [-0.39, 0.29) is 10.1 Å². The number of unbranched alkanes of at least 4 members (excludes halogenated alkanes) is 1. The molecule has 1 unspecified atom stereocenters. The molecular weight excluding hydrogens is 368 g/mol. The number of carbonyl (C=O) groups excluding carboxylic acids is 1. The van der Waals surface area contributed by atoms with Crippen molar-refractivity contribution >= 4 is 38.5 Å². The number of amides is 1. The molecule has 5 nitrogen and oxygen atoms in total. The summed E-state index contributed by atoms with van der Waals surface area (Å²) in [4.78, 5) is 17.4. The molecule has 0 spiro atoms. The van der Waals surface area contributed by atoms with Gasteiger partial charge in [0, 0.05) is 0 Å². The van der Waals surface area contributed by atoms with Gasteiger partial charge in [-0.15, -0.1) is 0 Å². The molecule has 1 heterocycles. The number of aliphatic imine (C=N–C) groups is 1. The van der Waals surface area contributed by atoms with Crippen LogP contribution in [0.4, 0.5) is 5.69 Å². The van der Waals surface area contributed by atoms with Crippen LogP contribution in [-0.2, 0) is 14.8 Å². The molecular formula is C19H20N2O3S2. The van der Waals surface area contributed by atoms with Crippen LogP contribution < -0.4 is 0 Å². The number of nitrogens with zero attached hydrogens (tertiary/aromatic N) is 2. The number of benzene rings is 2. The minimum absolute atomic E-state index is 0.0888. The van der Waals surface area contributed by atoms with Gasteiger partial charge in [0.1, 0.15) is 0 Å². The van der Waals surface area contributed by atoms with Crippen LogP contribution in [0, 0.1) is 0 Å². The van der Waals surface area contributed by atoms with Crippen LogP contribution in [0.25, 0.3) is 0 Å². The van der Waals surface area contributed by atoms with E-state index in [2.05, 4.69) is 4.99 Å². The van der Waals surface area contributed by atoms with E-state index in [0.29, 0.717) is 12.1 Å². The van der Waals surface area contributed by atoms with Gasteiger partial charge in [0.15, 0.2) is 5.17 Å². The average Bonchev–Trinajstić information content (AvgIpc) is 2.97. The largest absolute Gasteiger partial charge is 0.272 e. The highest BCUT2D eigenvalue weighted by molar-refractivity contribution is 8.17. The zero-order valence-corrected chi connectivity index (χ0v) is 16.0. The van der Waals surface area contributed by atoms with Gasteiger partial charge in [-0.05, 0) is 30.7 Å². The maximum Gasteiger partial charge on any atom is 0.272 e. The molecule has 0 aromatic heterocycles. The van der Waals surface area contributed by atoms with Crippen LogP contribution in [-0.4, -0.2) is 29.0 Å². The molecule has 0 N–H and O–H groups in total. The predicted molar refractivity (Wildman–Crippen MR) is 105 cm³/mol. The van der Waals surface area contributed by atoms with E-state index in [9.17, 15) is 13.2 Å². The third-order valence-corrected chi connectivity index (χ3v) is 7.00. The van der Waals surface area contributed by atoms with Crippen molar-refractivity contribution in [2.45, 2.75) is 36.3 Å². The summed E-state index contributed by atoms with van der Waals surface area (Å²) in [6, 6.07) is 17.1. The van der Waals surface area contributed by atoms with Crippen LogP contribution in [0.5, 0.6) is 0 Å². The molecule has 3 rings (SSSR count). The molecule has 1 aliphatic heterocycles. The summed E-state index contributed by atoms with van der Waals surface area (Å²) in [6.45, 7) is 2.04. The second kappa shape index (κ2) is 8.05. The van der Waals surface area contributed by atoms with Gasteiger partial charge in [0.25, 0.3) is 15.9 Å². The van der Waals surface area contributed by atoms with Gasteiger partial charge in [-0.3, -0.25) is 4.79 Å². The highest BCUT2D eigenvalue weighted by Gasteiger charge is 2.45. The first-order chi connectivity index (χ1) is 12.5. The number of sulfonamides is 1. The van der Waals surface area contributed by atoms with E-state index in [1.165, 1.54) is 23.9 Å². The SMILES string of the molecule is CCCCC1SC(=Nc2ccccc2)N(S(=O)(=O)c2ccccc2)C1=O. The molecule has 1 atom stereocenters. The van der Waals surface area contributed by atoms with Crippen molar-refractivity contribution in [1.29, 1.82) is 0 Å². The highest BCUT2D eigenvalue weighted by atomic mass is 32.2. The Hall–Kier alpha value is -2.12. The lowest BCUT2D eigenvalue weighted by atomic mass is 10.2. The third-order valence-electron chi connectivity index (χ3n) is 3.98. The van der Waals surface area contributed by atoms with Gasteiger partial charge < -0.3 is 0 Å². The molecule has 1 fully saturated rings. The molecule has 1 amide bonds. The maximum absolute atomic E-state index is 13.1. The van der Waals surface area contributed by atoms with Crippen LogP contribution in [0.3, 0.4) is 0 Å². The summed E-state index contributed by atoms with van der Waals surface area (Å²) >= 11 is 1.23. The van der Waals surface area contributed by atoms with Gasteiger partial charge in [-0.1, -0.05) is 67.9 Å². The number of para-hydroxylation sites is 1. The topological polar surface area (TPSA) is 66.8 Å². The zero-order chi connectivity index (χ0) is 18.6. The summed E-state index contributed by atoms with van der Waals surface area (Å²) in [7, 11) is -3.98. The molecule has 0 saturated carbocycles. The van der Waals surface area contributed by atoms with Gasteiger partial charge in [0.2, 0.25) is 0 Å². The Morgan fingerprint density at radius 1 is 1.04 bits per heavy atom. The predicted octanol–water partition coefficient (Wildman–Crippen LogP) is 4.20. The molecule has 26 heavy (non-hydrogen) atoms. The first kappa shape index (κ1) is 18.7. The van der Waals surface area contributed by atoms with E-state index in [1.807, 2.05) is 25.1 Å². The first-order valence-corrected chi connectivity index (χ1v) is 10.8. The number of thioether (sulfide) groups is 1. The van der Waals surface area contributed by atoms with Crippen LogP contribution in [0.2, 0.25) is 0 Å². The fourth-order valence-corrected chi connectivity index (χ4v) is 5.53. The fourth-order valence-electron chi connectivity index (χ4n) is 2.63. The number of hydrogen-bond donors (Lipinski definition) is 0. The lowest BCUT2D eigenvalue weighted by molar-refractivity contribution is -0.123. The normalized spacial score (nSPS) is 19.3. The summed E-state index contributed by atoms with van der Waals surface area (Å²) < 4.78 is 27.0. The molecule has 0 aliphatic carbocycles. The Morgan fingerprint density at radius 2 is 1.65 bits per heavy atom. The van der Waals surface area contributed by atoms with E-state index >= 15 is 0 Å². The second-order valence-electron chi connectivity index (χ2n) is 5.90. The van der Waals surface area contributed by atoms with Crippen molar-refractivity contribution in [1.82, 2.24) is 4.31 Å². The van der Waals surface area contributed by atoms with E-state index in [0.717, 1.165) is 17.1 Å². The lowest BCUT2D eigenvalue weighted by Gasteiger charge is -2.16. The molecule has 0 radical (unpaired) electrons. The molecule has 1 saturated heterocycles.